The molecule has 2 saturated heterocycles. The van der Waals surface area contributed by atoms with Crippen LogP contribution < -0.4 is 4.74 Å². The van der Waals surface area contributed by atoms with Crippen LogP contribution in [0.15, 0.2) is 72.8 Å². The second-order valence-corrected chi connectivity index (χ2v) is 10.3. The highest BCUT2D eigenvalue weighted by Crippen LogP contribution is 2.53. The molecule has 2 aliphatic rings. The summed E-state index contributed by atoms with van der Waals surface area (Å²) in [6.07, 6.45) is -0.970. The molecule has 3 aromatic carbocycles. The number of benzene rings is 3. The lowest BCUT2D eigenvalue weighted by Gasteiger charge is -2.48. The van der Waals surface area contributed by atoms with Crippen LogP contribution in [-0.2, 0) is 33.0 Å². The summed E-state index contributed by atoms with van der Waals surface area (Å²) in [5.41, 5.74) is 2.52. The Morgan fingerprint density at radius 1 is 1.03 bits per heavy atom. The van der Waals surface area contributed by atoms with Crippen LogP contribution in [0.1, 0.15) is 36.1 Å². The molecule has 5 rings (SSSR count). The summed E-state index contributed by atoms with van der Waals surface area (Å²) in [5, 5.41) is 22.0. The van der Waals surface area contributed by atoms with Gasteiger partial charge in [0.25, 0.3) is 0 Å². The SMILES string of the molecule is CCOc1ccc(Cc2cc(C34OCC(CO)(O3)[C@@H](O)[C@H](C)C4OCc3ccccc3)ccc2Cl)cc1. The van der Waals surface area contributed by atoms with Crippen molar-refractivity contribution in [2.24, 2.45) is 5.92 Å². The van der Waals surface area contributed by atoms with Gasteiger partial charge in [-0.05, 0) is 54.3 Å². The normalized spacial score (nSPS) is 28.8. The molecule has 0 amide bonds. The third-order valence-corrected chi connectivity index (χ3v) is 7.76. The molecule has 2 fully saturated rings. The first-order valence-corrected chi connectivity index (χ1v) is 13.1. The minimum absolute atomic E-state index is 0.0526. The van der Waals surface area contributed by atoms with E-state index in [-0.39, 0.29) is 19.1 Å². The molecule has 196 valence electrons. The first-order valence-electron chi connectivity index (χ1n) is 12.7. The topological polar surface area (TPSA) is 77.4 Å². The number of rotatable bonds is 9. The maximum Gasteiger partial charge on any atom is 0.223 e. The smallest absolute Gasteiger partial charge is 0.223 e. The van der Waals surface area contributed by atoms with Crippen LogP contribution in [0.2, 0.25) is 5.02 Å². The minimum atomic E-state index is -1.30. The van der Waals surface area contributed by atoms with Crippen LogP contribution in [0.25, 0.3) is 0 Å². The summed E-state index contributed by atoms with van der Waals surface area (Å²) >= 11 is 6.63. The van der Waals surface area contributed by atoms with Crippen molar-refractivity contribution in [1.29, 1.82) is 0 Å². The van der Waals surface area contributed by atoms with Crippen molar-refractivity contribution >= 4 is 11.6 Å². The molecule has 37 heavy (non-hydrogen) atoms. The van der Waals surface area contributed by atoms with E-state index in [9.17, 15) is 10.2 Å². The second kappa shape index (κ2) is 10.7. The molecule has 0 saturated carbocycles. The fourth-order valence-electron chi connectivity index (χ4n) is 5.38. The lowest BCUT2D eigenvalue weighted by Crippen LogP contribution is -2.62. The summed E-state index contributed by atoms with van der Waals surface area (Å²) in [6.45, 7) is 4.50. The molecule has 0 spiro atoms. The molecule has 2 heterocycles. The molecular weight excluding hydrogens is 492 g/mol. The summed E-state index contributed by atoms with van der Waals surface area (Å²) in [6, 6.07) is 23.5. The first kappa shape index (κ1) is 26.2. The molecule has 0 aliphatic carbocycles. The van der Waals surface area contributed by atoms with E-state index in [1.54, 1.807) is 0 Å². The summed E-state index contributed by atoms with van der Waals surface area (Å²) in [5.74, 6) is -0.836. The quantitative estimate of drug-likeness (QED) is 0.416. The van der Waals surface area contributed by atoms with Crippen molar-refractivity contribution in [2.45, 2.75) is 50.5 Å². The van der Waals surface area contributed by atoms with Crippen molar-refractivity contribution < 1.29 is 29.2 Å². The van der Waals surface area contributed by atoms with Gasteiger partial charge in [-0.3, -0.25) is 0 Å². The number of halogens is 1. The maximum absolute atomic E-state index is 11.1. The van der Waals surface area contributed by atoms with Gasteiger partial charge < -0.3 is 29.2 Å². The Bertz CT molecular complexity index is 1200. The number of aliphatic hydroxyl groups is 2. The molecular formula is C30H33ClO6. The monoisotopic (exact) mass is 524 g/mol. The molecule has 6 nitrogen and oxygen atoms in total. The van der Waals surface area contributed by atoms with Gasteiger partial charge in [0.2, 0.25) is 5.79 Å². The van der Waals surface area contributed by atoms with Crippen molar-refractivity contribution in [3.63, 3.8) is 0 Å². The van der Waals surface area contributed by atoms with Crippen molar-refractivity contribution in [3.8, 4) is 5.75 Å². The average molecular weight is 525 g/mol. The molecule has 5 atom stereocenters. The zero-order chi connectivity index (χ0) is 26.0. The lowest BCUT2D eigenvalue weighted by atomic mass is 9.78. The summed E-state index contributed by atoms with van der Waals surface area (Å²) in [4.78, 5) is 0. The van der Waals surface area contributed by atoms with Crippen molar-refractivity contribution in [3.05, 3.63) is 100 Å². The van der Waals surface area contributed by atoms with Gasteiger partial charge in [-0.2, -0.15) is 0 Å². The maximum atomic E-state index is 11.1. The van der Waals surface area contributed by atoms with Gasteiger partial charge in [0.05, 0.1) is 32.5 Å². The molecule has 7 heteroatoms. The highest BCUT2D eigenvalue weighted by atomic mass is 35.5. The van der Waals surface area contributed by atoms with Crippen LogP contribution in [0, 0.1) is 5.92 Å². The number of hydrogen-bond acceptors (Lipinski definition) is 6. The molecule has 3 unspecified atom stereocenters. The number of hydrogen-bond donors (Lipinski definition) is 2. The Hall–Kier alpha value is -2.45. The average Bonchev–Trinajstić information content (AvgIpc) is 3.30. The van der Waals surface area contributed by atoms with Crippen LogP contribution in [0.3, 0.4) is 0 Å². The largest absolute Gasteiger partial charge is 0.494 e. The van der Waals surface area contributed by atoms with Gasteiger partial charge in [-0.15, -0.1) is 0 Å². The van der Waals surface area contributed by atoms with Gasteiger partial charge in [0, 0.05) is 16.5 Å². The molecule has 2 bridgehead atoms. The zero-order valence-electron chi connectivity index (χ0n) is 21.1. The number of aliphatic hydroxyl groups excluding tert-OH is 2. The van der Waals surface area contributed by atoms with E-state index in [1.807, 2.05) is 86.6 Å². The van der Waals surface area contributed by atoms with Crippen molar-refractivity contribution in [1.82, 2.24) is 0 Å². The third-order valence-electron chi connectivity index (χ3n) is 7.39. The predicted molar refractivity (Wildman–Crippen MR) is 141 cm³/mol. The third kappa shape index (κ3) is 4.90. The molecule has 2 N–H and O–H groups in total. The standard InChI is InChI=1S/C30H33ClO6/c1-3-34-25-12-9-21(10-13-25)15-23-16-24(11-14-26(23)31)30-28(35-17-22-7-5-4-6-8-22)20(2)27(33)29(18-32,37-30)19-36-30/h4-14,16,20,27-28,32-33H,3,15,17-19H2,1-2H3/t20-,27-,28?,29?,30?/m0/s1. The fraction of sp³-hybridized carbons (Fsp3) is 0.400. The number of fused-ring (bicyclic) bond motifs is 2. The Morgan fingerprint density at radius 3 is 2.49 bits per heavy atom. The van der Waals surface area contributed by atoms with E-state index in [0.717, 1.165) is 28.0 Å². The first-order chi connectivity index (χ1) is 17.9. The van der Waals surface area contributed by atoms with E-state index in [0.29, 0.717) is 24.7 Å². The van der Waals surface area contributed by atoms with Crippen molar-refractivity contribution in [2.75, 3.05) is 19.8 Å². The minimum Gasteiger partial charge on any atom is -0.494 e. The summed E-state index contributed by atoms with van der Waals surface area (Å²) < 4.78 is 24.8. The highest BCUT2D eigenvalue weighted by molar-refractivity contribution is 6.31. The molecule has 0 aromatic heterocycles. The fourth-order valence-corrected chi connectivity index (χ4v) is 5.57. The zero-order valence-corrected chi connectivity index (χ0v) is 21.9. The predicted octanol–water partition coefficient (Wildman–Crippen LogP) is 4.86. The van der Waals surface area contributed by atoms with E-state index < -0.39 is 23.6 Å². The van der Waals surface area contributed by atoms with Crippen LogP contribution >= 0.6 is 11.6 Å². The van der Waals surface area contributed by atoms with E-state index in [2.05, 4.69) is 0 Å². The van der Waals surface area contributed by atoms with E-state index in [4.69, 9.17) is 30.5 Å². The van der Waals surface area contributed by atoms with Gasteiger partial charge in [-0.1, -0.05) is 67.1 Å². The van der Waals surface area contributed by atoms with Crippen LogP contribution in [0.5, 0.6) is 5.75 Å². The number of ether oxygens (including phenoxy) is 4. The highest BCUT2D eigenvalue weighted by Gasteiger charge is 2.66. The lowest BCUT2D eigenvalue weighted by molar-refractivity contribution is -0.328. The second-order valence-electron chi connectivity index (χ2n) is 9.86. The molecule has 2 aliphatic heterocycles. The Morgan fingerprint density at radius 2 is 1.78 bits per heavy atom. The van der Waals surface area contributed by atoms with Gasteiger partial charge in [-0.25, -0.2) is 0 Å². The molecule has 0 radical (unpaired) electrons. The van der Waals surface area contributed by atoms with Gasteiger partial charge in [0.15, 0.2) is 0 Å². The summed E-state index contributed by atoms with van der Waals surface area (Å²) in [7, 11) is 0. The molecule has 3 aromatic rings. The Kier molecular flexibility index (Phi) is 7.59. The Labute approximate surface area is 222 Å². The van der Waals surface area contributed by atoms with Crippen LogP contribution in [0.4, 0.5) is 0 Å². The van der Waals surface area contributed by atoms with E-state index >= 15 is 0 Å². The Balaban J connectivity index is 1.48. The van der Waals surface area contributed by atoms with E-state index in [1.165, 1.54) is 0 Å². The van der Waals surface area contributed by atoms with Gasteiger partial charge in [0.1, 0.15) is 17.5 Å². The van der Waals surface area contributed by atoms with Crippen LogP contribution in [-0.4, -0.2) is 47.8 Å². The van der Waals surface area contributed by atoms with Gasteiger partial charge >= 0.3 is 0 Å².